The molecule has 0 aliphatic rings. The van der Waals surface area contributed by atoms with Gasteiger partial charge in [-0.1, -0.05) is 24.3 Å². The Bertz CT molecular complexity index is 789. The molecule has 2 aromatic rings. The van der Waals surface area contributed by atoms with Crippen LogP contribution in [0, 0.1) is 0 Å². The number of rotatable bonds is 13. The molecule has 0 fully saturated rings. The molecule has 0 radical (unpaired) electrons. The van der Waals surface area contributed by atoms with E-state index in [1.165, 1.54) is 0 Å². The summed E-state index contributed by atoms with van der Waals surface area (Å²) in [6, 6.07) is 7.83. The minimum atomic E-state index is -1.06. The molecular formula is C22H29N3O4. The van der Waals surface area contributed by atoms with Gasteiger partial charge in [0.2, 0.25) is 17.7 Å². The van der Waals surface area contributed by atoms with Crippen LogP contribution in [0.4, 0.5) is 0 Å². The fraction of sp³-hybridized carbons (Fsp3) is 0.409. The zero-order valence-electron chi connectivity index (χ0n) is 16.9. The lowest BCUT2D eigenvalue weighted by atomic mass is 9.95. The molecule has 0 saturated carbocycles. The summed E-state index contributed by atoms with van der Waals surface area (Å²) >= 11 is 0. The van der Waals surface area contributed by atoms with E-state index < -0.39 is 5.60 Å². The number of carbonyl (C=O) groups is 1. The van der Waals surface area contributed by atoms with Crippen LogP contribution in [-0.2, 0) is 24.1 Å². The molecular weight excluding hydrogens is 370 g/mol. The molecule has 2 N–H and O–H groups in total. The first kappa shape index (κ1) is 22.4. The predicted octanol–water partition coefficient (Wildman–Crippen LogP) is 2.80. The third-order valence-corrected chi connectivity index (χ3v) is 4.52. The Labute approximate surface area is 171 Å². The Morgan fingerprint density at radius 3 is 2.34 bits per heavy atom. The van der Waals surface area contributed by atoms with Crippen molar-refractivity contribution in [1.29, 1.82) is 0 Å². The van der Waals surface area contributed by atoms with E-state index in [-0.39, 0.29) is 18.9 Å². The second-order valence-electron chi connectivity index (χ2n) is 6.92. The minimum Gasteiger partial charge on any atom is -0.497 e. The maximum atomic E-state index is 12.1. The topological polar surface area (TPSA) is 97.5 Å². The number of aromatic nitrogens is 2. The highest BCUT2D eigenvalue weighted by molar-refractivity contribution is 5.76. The van der Waals surface area contributed by atoms with Gasteiger partial charge in [-0.05, 0) is 37.0 Å². The van der Waals surface area contributed by atoms with Gasteiger partial charge in [-0.15, -0.1) is 23.4 Å². The fourth-order valence-electron chi connectivity index (χ4n) is 2.87. The lowest BCUT2D eigenvalue weighted by Crippen LogP contribution is -2.42. The van der Waals surface area contributed by atoms with Gasteiger partial charge in [0, 0.05) is 25.8 Å². The number of nitrogens with one attached hydrogen (secondary N) is 1. The van der Waals surface area contributed by atoms with Gasteiger partial charge in [0.05, 0.1) is 12.7 Å². The van der Waals surface area contributed by atoms with Crippen LogP contribution in [0.1, 0.15) is 36.6 Å². The Morgan fingerprint density at radius 2 is 1.76 bits per heavy atom. The van der Waals surface area contributed by atoms with E-state index in [9.17, 15) is 9.90 Å². The lowest BCUT2D eigenvalue weighted by molar-refractivity contribution is -0.122. The molecule has 0 spiro atoms. The van der Waals surface area contributed by atoms with Crippen LogP contribution < -0.4 is 10.1 Å². The number of hydrogen-bond acceptors (Lipinski definition) is 6. The molecule has 1 aromatic heterocycles. The van der Waals surface area contributed by atoms with Gasteiger partial charge < -0.3 is 19.6 Å². The van der Waals surface area contributed by atoms with Crippen molar-refractivity contribution in [2.75, 3.05) is 13.7 Å². The highest BCUT2D eigenvalue weighted by Crippen LogP contribution is 2.16. The van der Waals surface area contributed by atoms with Gasteiger partial charge in [0.1, 0.15) is 5.75 Å². The number of benzene rings is 1. The normalized spacial score (nSPS) is 11.1. The van der Waals surface area contributed by atoms with E-state index >= 15 is 0 Å². The molecule has 7 nitrogen and oxygen atoms in total. The van der Waals surface area contributed by atoms with Crippen LogP contribution in [0.5, 0.6) is 5.75 Å². The average Bonchev–Trinajstić information content (AvgIpc) is 3.18. The summed E-state index contributed by atoms with van der Waals surface area (Å²) in [6.07, 6.45) is 5.96. The first-order valence-electron chi connectivity index (χ1n) is 9.63. The van der Waals surface area contributed by atoms with Gasteiger partial charge in [-0.2, -0.15) is 0 Å². The molecule has 1 heterocycles. The van der Waals surface area contributed by atoms with Crippen molar-refractivity contribution in [3.05, 3.63) is 66.9 Å². The Morgan fingerprint density at radius 1 is 1.14 bits per heavy atom. The van der Waals surface area contributed by atoms with Crippen LogP contribution in [0.2, 0.25) is 0 Å². The molecule has 2 rings (SSSR count). The molecule has 0 bridgehead atoms. The quantitative estimate of drug-likeness (QED) is 0.503. The summed E-state index contributed by atoms with van der Waals surface area (Å²) in [6.45, 7) is 7.41. The third-order valence-electron chi connectivity index (χ3n) is 4.52. The zero-order valence-corrected chi connectivity index (χ0v) is 16.9. The first-order valence-corrected chi connectivity index (χ1v) is 9.63. The van der Waals surface area contributed by atoms with Crippen molar-refractivity contribution in [3.63, 3.8) is 0 Å². The summed E-state index contributed by atoms with van der Waals surface area (Å²) in [5.41, 5.74) is 0.0922. The molecule has 0 aliphatic heterocycles. The van der Waals surface area contributed by atoms with Crippen molar-refractivity contribution in [1.82, 2.24) is 15.5 Å². The van der Waals surface area contributed by atoms with Gasteiger partial charge in [0.15, 0.2) is 0 Å². The van der Waals surface area contributed by atoms with Crippen molar-refractivity contribution in [2.45, 2.75) is 44.1 Å². The summed E-state index contributed by atoms with van der Waals surface area (Å²) < 4.78 is 10.8. The van der Waals surface area contributed by atoms with Crippen LogP contribution >= 0.6 is 0 Å². The summed E-state index contributed by atoms with van der Waals surface area (Å²) in [5.74, 6) is 1.61. The Kier molecular flexibility index (Phi) is 8.61. The number of ether oxygens (including phenoxy) is 1. The number of carbonyl (C=O) groups excluding carboxylic acids is 1. The van der Waals surface area contributed by atoms with Crippen molar-refractivity contribution in [2.24, 2.45) is 0 Å². The highest BCUT2D eigenvalue weighted by Gasteiger charge is 2.24. The first-order chi connectivity index (χ1) is 14.0. The molecule has 0 atom stereocenters. The van der Waals surface area contributed by atoms with E-state index in [1.807, 2.05) is 24.3 Å². The molecule has 1 aromatic carbocycles. The van der Waals surface area contributed by atoms with Gasteiger partial charge in [-0.3, -0.25) is 4.79 Å². The monoisotopic (exact) mass is 399 g/mol. The lowest BCUT2D eigenvalue weighted by Gasteiger charge is -2.25. The molecule has 0 unspecified atom stereocenters. The summed E-state index contributed by atoms with van der Waals surface area (Å²) in [4.78, 5) is 12.1. The highest BCUT2D eigenvalue weighted by atomic mass is 16.5. The number of amides is 1. The van der Waals surface area contributed by atoms with E-state index in [1.54, 1.807) is 19.3 Å². The van der Waals surface area contributed by atoms with E-state index in [0.717, 1.165) is 17.7 Å². The van der Waals surface area contributed by atoms with Gasteiger partial charge in [0.25, 0.3) is 0 Å². The predicted molar refractivity (Wildman–Crippen MR) is 111 cm³/mol. The van der Waals surface area contributed by atoms with Crippen LogP contribution in [0.25, 0.3) is 0 Å². The van der Waals surface area contributed by atoms with E-state index in [4.69, 9.17) is 9.15 Å². The molecule has 0 aliphatic carbocycles. The third kappa shape index (κ3) is 7.54. The number of aryl methyl sites for hydroxylation is 3. The SMILES string of the molecule is C=CCC(O)(CC=C)CNC(=O)CCc1nnc(CCc2ccc(OC)cc2)o1. The molecule has 156 valence electrons. The maximum absolute atomic E-state index is 12.1. The van der Waals surface area contributed by atoms with Gasteiger partial charge >= 0.3 is 0 Å². The van der Waals surface area contributed by atoms with Crippen LogP contribution in [-0.4, -0.2) is 40.5 Å². The summed E-state index contributed by atoms with van der Waals surface area (Å²) in [7, 11) is 1.64. The van der Waals surface area contributed by atoms with Crippen molar-refractivity contribution in [3.8, 4) is 5.75 Å². The van der Waals surface area contributed by atoms with Crippen LogP contribution in [0.3, 0.4) is 0 Å². The molecule has 1 amide bonds. The number of aliphatic hydroxyl groups is 1. The second-order valence-corrected chi connectivity index (χ2v) is 6.92. The zero-order chi connectivity index (χ0) is 21.1. The molecule has 0 saturated heterocycles. The minimum absolute atomic E-state index is 0.140. The average molecular weight is 399 g/mol. The number of hydrogen-bond donors (Lipinski definition) is 2. The van der Waals surface area contributed by atoms with Gasteiger partial charge in [-0.25, -0.2) is 0 Å². The molecule has 29 heavy (non-hydrogen) atoms. The standard InChI is InChI=1S/C22H29N3O4/c1-4-14-22(27,15-5-2)16-23-19(26)11-13-21-25-24-20(29-21)12-8-17-6-9-18(28-3)10-7-17/h4-7,9-10,27H,1-2,8,11-16H2,3H3,(H,23,26). The smallest absolute Gasteiger partial charge is 0.220 e. The Balaban J connectivity index is 1.75. The second kappa shape index (κ2) is 11.2. The van der Waals surface area contributed by atoms with E-state index in [0.29, 0.717) is 37.5 Å². The number of methoxy groups -OCH3 is 1. The van der Waals surface area contributed by atoms with E-state index in [2.05, 4.69) is 28.7 Å². The summed E-state index contributed by atoms with van der Waals surface area (Å²) in [5, 5.41) is 21.2. The van der Waals surface area contributed by atoms with Crippen LogP contribution in [0.15, 0.2) is 54.0 Å². The largest absolute Gasteiger partial charge is 0.497 e. The van der Waals surface area contributed by atoms with Crippen molar-refractivity contribution >= 4 is 5.91 Å². The Hall–Kier alpha value is -2.93. The number of nitrogens with zero attached hydrogens (tertiary/aromatic N) is 2. The maximum Gasteiger partial charge on any atom is 0.220 e. The fourth-order valence-corrected chi connectivity index (χ4v) is 2.87. The van der Waals surface area contributed by atoms with Crippen molar-refractivity contribution < 1.29 is 19.1 Å². The molecule has 7 heteroatoms.